The van der Waals surface area contributed by atoms with E-state index in [1.165, 1.54) is 42.5 Å². The number of Topliss-reactive ketones (excluding diaryl/α,β-unsaturated/α-hetero) is 1. The highest BCUT2D eigenvalue weighted by molar-refractivity contribution is 7.89. The van der Waals surface area contributed by atoms with E-state index >= 15 is 0 Å². The Morgan fingerprint density at radius 1 is 0.960 bits per heavy atom. The van der Waals surface area contributed by atoms with Crippen LogP contribution in [0.25, 0.3) is 0 Å². The van der Waals surface area contributed by atoms with E-state index in [0.717, 1.165) is 10.4 Å². The van der Waals surface area contributed by atoms with Gasteiger partial charge in [0.1, 0.15) is 0 Å². The lowest BCUT2D eigenvalue weighted by Crippen LogP contribution is -2.29. The zero-order chi connectivity index (χ0) is 17.9. The molecule has 0 bridgehead atoms. The highest BCUT2D eigenvalue weighted by Gasteiger charge is 2.23. The van der Waals surface area contributed by atoms with Gasteiger partial charge < -0.3 is 0 Å². The van der Waals surface area contributed by atoms with Gasteiger partial charge >= 0.3 is 0 Å². The van der Waals surface area contributed by atoms with Gasteiger partial charge in [-0.1, -0.05) is 48.5 Å². The molecule has 3 aromatic rings. The van der Waals surface area contributed by atoms with Gasteiger partial charge in [-0.05, 0) is 36.1 Å². The SMILES string of the molecule is CC(=O)c1ccc(S(=O)(=O)NC(c2ccccc2)c2cccs2)cc1. The second-order valence-corrected chi connectivity index (χ2v) is 8.25. The summed E-state index contributed by atoms with van der Waals surface area (Å²) < 4.78 is 28.4. The summed E-state index contributed by atoms with van der Waals surface area (Å²) in [4.78, 5) is 12.4. The predicted octanol–water partition coefficient (Wildman–Crippen LogP) is 4.02. The minimum absolute atomic E-state index is 0.0994. The van der Waals surface area contributed by atoms with Gasteiger partial charge in [0.15, 0.2) is 5.78 Å². The summed E-state index contributed by atoms with van der Waals surface area (Å²) in [6.07, 6.45) is 0. The first kappa shape index (κ1) is 17.5. The number of thiophene rings is 1. The Hall–Kier alpha value is -2.28. The van der Waals surface area contributed by atoms with Gasteiger partial charge in [-0.25, -0.2) is 8.42 Å². The Bertz CT molecular complexity index is 948. The van der Waals surface area contributed by atoms with E-state index in [1.54, 1.807) is 0 Å². The molecule has 2 aromatic carbocycles. The Kier molecular flexibility index (Phi) is 5.13. The van der Waals surface area contributed by atoms with Gasteiger partial charge in [0.05, 0.1) is 10.9 Å². The third kappa shape index (κ3) is 4.04. The lowest BCUT2D eigenvalue weighted by Gasteiger charge is -2.18. The first-order valence-corrected chi connectivity index (χ1v) is 10.1. The summed E-state index contributed by atoms with van der Waals surface area (Å²) in [6, 6.07) is 18.7. The van der Waals surface area contributed by atoms with Crippen LogP contribution in [0.3, 0.4) is 0 Å². The molecule has 1 unspecified atom stereocenters. The van der Waals surface area contributed by atoms with Crippen molar-refractivity contribution in [1.29, 1.82) is 0 Å². The molecule has 4 nitrogen and oxygen atoms in total. The average molecular weight is 371 g/mol. The molecule has 1 aromatic heterocycles. The molecule has 0 aliphatic heterocycles. The van der Waals surface area contributed by atoms with E-state index in [1.807, 2.05) is 47.8 Å². The van der Waals surface area contributed by atoms with Crippen molar-refractivity contribution < 1.29 is 13.2 Å². The van der Waals surface area contributed by atoms with Crippen LogP contribution in [0, 0.1) is 0 Å². The zero-order valence-electron chi connectivity index (χ0n) is 13.5. The quantitative estimate of drug-likeness (QED) is 0.666. The minimum atomic E-state index is -3.73. The minimum Gasteiger partial charge on any atom is -0.295 e. The molecule has 0 radical (unpaired) electrons. The molecular formula is C19H17NO3S2. The molecule has 1 N–H and O–H groups in total. The monoisotopic (exact) mass is 371 g/mol. The summed E-state index contributed by atoms with van der Waals surface area (Å²) >= 11 is 1.50. The van der Waals surface area contributed by atoms with Gasteiger partial charge in [0.25, 0.3) is 0 Å². The number of hydrogen-bond acceptors (Lipinski definition) is 4. The van der Waals surface area contributed by atoms with Crippen LogP contribution >= 0.6 is 11.3 Å². The smallest absolute Gasteiger partial charge is 0.241 e. The number of rotatable bonds is 6. The van der Waals surface area contributed by atoms with Crippen molar-refractivity contribution in [3.05, 3.63) is 88.1 Å². The van der Waals surface area contributed by atoms with Crippen molar-refractivity contribution in [2.24, 2.45) is 0 Å². The van der Waals surface area contributed by atoms with Crippen LogP contribution in [0.4, 0.5) is 0 Å². The van der Waals surface area contributed by atoms with Crippen LogP contribution in [0.2, 0.25) is 0 Å². The van der Waals surface area contributed by atoms with Gasteiger partial charge in [0.2, 0.25) is 10.0 Å². The van der Waals surface area contributed by atoms with Crippen LogP contribution in [-0.4, -0.2) is 14.2 Å². The molecule has 3 rings (SSSR count). The van der Waals surface area contributed by atoms with E-state index in [9.17, 15) is 13.2 Å². The number of carbonyl (C=O) groups excluding carboxylic acids is 1. The van der Waals surface area contributed by atoms with Crippen molar-refractivity contribution in [2.75, 3.05) is 0 Å². The fourth-order valence-electron chi connectivity index (χ4n) is 2.48. The molecule has 0 spiro atoms. The van der Waals surface area contributed by atoms with Gasteiger partial charge in [-0.2, -0.15) is 4.72 Å². The number of nitrogens with one attached hydrogen (secondary N) is 1. The van der Waals surface area contributed by atoms with Crippen LogP contribution in [0.15, 0.2) is 77.0 Å². The molecule has 0 amide bonds. The van der Waals surface area contributed by atoms with Crippen molar-refractivity contribution >= 4 is 27.1 Å². The maximum absolute atomic E-state index is 12.8. The predicted molar refractivity (Wildman–Crippen MR) is 99.4 cm³/mol. The van der Waals surface area contributed by atoms with Crippen molar-refractivity contribution in [2.45, 2.75) is 17.9 Å². The van der Waals surface area contributed by atoms with E-state index in [4.69, 9.17) is 0 Å². The molecule has 1 atom stereocenters. The molecule has 0 saturated heterocycles. The highest BCUT2D eigenvalue weighted by atomic mass is 32.2. The lowest BCUT2D eigenvalue weighted by atomic mass is 10.1. The number of ketones is 1. The number of benzene rings is 2. The number of hydrogen-bond donors (Lipinski definition) is 1. The third-order valence-corrected chi connectivity index (χ3v) is 6.18. The topological polar surface area (TPSA) is 63.2 Å². The maximum Gasteiger partial charge on any atom is 0.241 e. The Balaban J connectivity index is 1.94. The highest BCUT2D eigenvalue weighted by Crippen LogP contribution is 2.28. The second kappa shape index (κ2) is 7.31. The van der Waals surface area contributed by atoms with Crippen molar-refractivity contribution in [3.63, 3.8) is 0 Å². The lowest BCUT2D eigenvalue weighted by molar-refractivity contribution is 0.101. The number of sulfonamides is 1. The van der Waals surface area contributed by atoms with Crippen LogP contribution < -0.4 is 4.72 Å². The average Bonchev–Trinajstić information content (AvgIpc) is 3.15. The molecular weight excluding hydrogens is 354 g/mol. The van der Waals surface area contributed by atoms with Crippen LogP contribution in [0.1, 0.15) is 33.8 Å². The zero-order valence-corrected chi connectivity index (χ0v) is 15.2. The molecule has 1 heterocycles. The fourth-order valence-corrected chi connectivity index (χ4v) is 4.56. The second-order valence-electron chi connectivity index (χ2n) is 5.56. The summed E-state index contributed by atoms with van der Waals surface area (Å²) in [7, 11) is -3.73. The van der Waals surface area contributed by atoms with Crippen molar-refractivity contribution in [3.8, 4) is 0 Å². The summed E-state index contributed by atoms with van der Waals surface area (Å²) in [5, 5.41) is 1.92. The molecule has 128 valence electrons. The molecule has 25 heavy (non-hydrogen) atoms. The Labute approximate surface area is 151 Å². The van der Waals surface area contributed by atoms with Gasteiger partial charge in [-0.15, -0.1) is 11.3 Å². The maximum atomic E-state index is 12.8. The van der Waals surface area contributed by atoms with Gasteiger partial charge in [0, 0.05) is 10.4 Å². The first-order chi connectivity index (χ1) is 12.0. The fraction of sp³-hybridized carbons (Fsp3) is 0.105. The van der Waals surface area contributed by atoms with Crippen LogP contribution in [0.5, 0.6) is 0 Å². The van der Waals surface area contributed by atoms with E-state index in [0.29, 0.717) is 5.56 Å². The molecule has 0 aliphatic rings. The molecule has 0 aliphatic carbocycles. The number of carbonyl (C=O) groups is 1. The molecule has 0 fully saturated rings. The van der Waals surface area contributed by atoms with E-state index < -0.39 is 16.1 Å². The van der Waals surface area contributed by atoms with Gasteiger partial charge in [-0.3, -0.25) is 4.79 Å². The normalized spacial score (nSPS) is 12.7. The third-order valence-electron chi connectivity index (χ3n) is 3.80. The Morgan fingerprint density at radius 3 is 2.20 bits per heavy atom. The molecule has 6 heteroatoms. The summed E-state index contributed by atoms with van der Waals surface area (Å²) in [5.41, 5.74) is 1.35. The van der Waals surface area contributed by atoms with Crippen LogP contribution in [-0.2, 0) is 10.0 Å². The van der Waals surface area contributed by atoms with Crippen molar-refractivity contribution in [1.82, 2.24) is 4.72 Å². The van der Waals surface area contributed by atoms with E-state index in [2.05, 4.69) is 4.72 Å². The summed E-state index contributed by atoms with van der Waals surface area (Å²) in [5.74, 6) is -0.0994. The standard InChI is InChI=1S/C19H17NO3S2/c1-14(21)15-9-11-17(12-10-15)25(22,23)20-19(18-8-5-13-24-18)16-6-3-2-4-7-16/h2-13,19-20H,1H3. The Morgan fingerprint density at radius 2 is 1.64 bits per heavy atom. The first-order valence-electron chi connectivity index (χ1n) is 7.69. The summed E-state index contributed by atoms with van der Waals surface area (Å²) in [6.45, 7) is 1.45. The van der Waals surface area contributed by atoms with E-state index in [-0.39, 0.29) is 10.7 Å². The largest absolute Gasteiger partial charge is 0.295 e. The molecule has 0 saturated carbocycles.